The van der Waals surface area contributed by atoms with Crippen molar-refractivity contribution >= 4 is 5.97 Å². The molecule has 0 atom stereocenters. The number of esters is 1. The molecule has 0 saturated carbocycles. The number of hydrogen-bond acceptors (Lipinski definition) is 2. The summed E-state index contributed by atoms with van der Waals surface area (Å²) < 4.78 is 38.4. The molecule has 0 aliphatic rings. The maximum atomic E-state index is 11.7. The van der Waals surface area contributed by atoms with Gasteiger partial charge in [-0.05, 0) is 5.56 Å². The van der Waals surface area contributed by atoms with Crippen LogP contribution in [0.2, 0.25) is 0 Å². The molecule has 1 aromatic carbocycles. The first-order chi connectivity index (χ1) is 7.38. The molecule has 0 saturated heterocycles. The Morgan fingerprint density at radius 2 is 1.81 bits per heavy atom. The van der Waals surface area contributed by atoms with Gasteiger partial charge in [0.1, 0.15) is 0 Å². The van der Waals surface area contributed by atoms with E-state index in [1.807, 2.05) is 0 Å². The molecular weight excluding hydrogens is 221 g/mol. The van der Waals surface area contributed by atoms with Gasteiger partial charge < -0.3 is 4.74 Å². The lowest BCUT2D eigenvalue weighted by molar-refractivity contribution is -0.303. The summed E-state index contributed by atoms with van der Waals surface area (Å²) in [7, 11) is 0. The number of hydrogen-bond donors (Lipinski definition) is 0. The summed E-state index contributed by atoms with van der Waals surface area (Å²) >= 11 is 0. The van der Waals surface area contributed by atoms with Crippen molar-refractivity contribution < 1.29 is 22.7 Å². The summed E-state index contributed by atoms with van der Waals surface area (Å²) in [6.45, 7) is 3.26. The second kappa shape index (κ2) is 4.83. The molecule has 1 aromatic rings. The van der Waals surface area contributed by atoms with Crippen molar-refractivity contribution in [2.45, 2.75) is 12.8 Å². The Balaban J connectivity index is 2.57. The molecule has 0 radical (unpaired) electrons. The smallest absolute Gasteiger partial charge is 0.369 e. The van der Waals surface area contributed by atoms with E-state index in [1.165, 1.54) is 0 Å². The van der Waals surface area contributed by atoms with Crippen molar-refractivity contribution in [3.63, 3.8) is 0 Å². The molecule has 0 N–H and O–H groups in total. The summed E-state index contributed by atoms with van der Waals surface area (Å²) in [6.07, 6.45) is -4.92. The van der Waals surface area contributed by atoms with Crippen LogP contribution in [-0.2, 0) is 16.0 Å². The molecule has 2 nitrogen and oxygen atoms in total. The molecule has 0 aliphatic carbocycles. The van der Waals surface area contributed by atoms with E-state index in [4.69, 9.17) is 0 Å². The van der Waals surface area contributed by atoms with Crippen molar-refractivity contribution in [3.05, 3.63) is 48.0 Å². The highest BCUT2D eigenvalue weighted by molar-refractivity contribution is 5.88. The Hall–Kier alpha value is -1.78. The van der Waals surface area contributed by atoms with Gasteiger partial charge in [-0.2, -0.15) is 0 Å². The fraction of sp³-hybridized carbons (Fsp3) is 0.182. The Morgan fingerprint density at radius 3 is 2.31 bits per heavy atom. The lowest BCUT2D eigenvalue weighted by Gasteiger charge is -2.08. The molecule has 0 aliphatic heterocycles. The van der Waals surface area contributed by atoms with E-state index in [9.17, 15) is 18.0 Å². The number of halogens is 3. The second-order valence-corrected chi connectivity index (χ2v) is 3.10. The number of benzene rings is 1. The zero-order chi connectivity index (χ0) is 12.2. The summed E-state index contributed by atoms with van der Waals surface area (Å²) in [5, 5.41) is 0. The van der Waals surface area contributed by atoms with Gasteiger partial charge in [-0.15, -0.1) is 13.2 Å². The third kappa shape index (κ3) is 4.16. The third-order valence-electron chi connectivity index (χ3n) is 1.76. The van der Waals surface area contributed by atoms with E-state index in [0.29, 0.717) is 5.56 Å². The molecule has 86 valence electrons. The van der Waals surface area contributed by atoms with Crippen LogP contribution in [0, 0.1) is 0 Å². The van der Waals surface area contributed by atoms with Gasteiger partial charge in [-0.1, -0.05) is 36.9 Å². The lowest BCUT2D eigenvalue weighted by Crippen LogP contribution is -2.21. The summed E-state index contributed by atoms with van der Waals surface area (Å²) in [5.74, 6) is -1.45. The number of carbonyl (C=O) groups is 1. The average molecular weight is 230 g/mol. The van der Waals surface area contributed by atoms with E-state index in [2.05, 4.69) is 11.3 Å². The van der Waals surface area contributed by atoms with E-state index < -0.39 is 12.3 Å². The summed E-state index contributed by atoms with van der Waals surface area (Å²) in [6, 6.07) is 8.58. The van der Waals surface area contributed by atoms with Crippen LogP contribution >= 0.6 is 0 Å². The summed E-state index contributed by atoms with van der Waals surface area (Å²) in [4.78, 5) is 10.9. The monoisotopic (exact) mass is 230 g/mol. The maximum Gasteiger partial charge on any atom is 0.575 e. The van der Waals surface area contributed by atoms with Crippen LogP contribution in [0.4, 0.5) is 13.2 Å². The van der Waals surface area contributed by atoms with Gasteiger partial charge in [-0.25, -0.2) is 4.79 Å². The van der Waals surface area contributed by atoms with Gasteiger partial charge in [0.25, 0.3) is 0 Å². The third-order valence-corrected chi connectivity index (χ3v) is 1.76. The molecule has 0 bridgehead atoms. The van der Waals surface area contributed by atoms with Crippen LogP contribution < -0.4 is 0 Å². The fourth-order valence-corrected chi connectivity index (χ4v) is 1.09. The van der Waals surface area contributed by atoms with Crippen LogP contribution in [0.5, 0.6) is 0 Å². The van der Waals surface area contributed by atoms with Gasteiger partial charge >= 0.3 is 12.3 Å². The number of rotatable bonds is 3. The molecule has 0 amide bonds. The van der Waals surface area contributed by atoms with Crippen molar-refractivity contribution in [1.29, 1.82) is 0 Å². The zero-order valence-electron chi connectivity index (χ0n) is 8.25. The van der Waals surface area contributed by atoms with Gasteiger partial charge in [0.05, 0.1) is 0 Å². The minimum absolute atomic E-state index is 0.0375. The van der Waals surface area contributed by atoms with Crippen molar-refractivity contribution in [2.75, 3.05) is 0 Å². The van der Waals surface area contributed by atoms with Crippen LogP contribution in [0.15, 0.2) is 42.5 Å². The van der Waals surface area contributed by atoms with Crippen LogP contribution in [0.25, 0.3) is 0 Å². The minimum Gasteiger partial charge on any atom is -0.369 e. The van der Waals surface area contributed by atoms with Gasteiger partial charge in [-0.3, -0.25) is 0 Å². The maximum absolute atomic E-state index is 11.7. The van der Waals surface area contributed by atoms with Crippen molar-refractivity contribution in [2.24, 2.45) is 0 Å². The predicted octanol–water partition coefficient (Wildman–Crippen LogP) is 2.85. The van der Waals surface area contributed by atoms with E-state index in [-0.39, 0.29) is 12.0 Å². The molecule has 0 fully saturated rings. The predicted molar refractivity (Wildman–Crippen MR) is 51.4 cm³/mol. The Labute approximate surface area is 90.3 Å². The molecule has 0 aromatic heterocycles. The van der Waals surface area contributed by atoms with Gasteiger partial charge in [0, 0.05) is 12.0 Å². The van der Waals surface area contributed by atoms with Gasteiger partial charge in [0.15, 0.2) is 0 Å². The normalized spacial score (nSPS) is 10.9. The molecular formula is C11H9F3O2. The number of ether oxygens (including phenoxy) is 1. The minimum atomic E-state index is -4.96. The molecule has 0 spiro atoms. The molecule has 1 rings (SSSR count). The molecule has 5 heteroatoms. The first-order valence-electron chi connectivity index (χ1n) is 4.40. The Morgan fingerprint density at radius 1 is 1.25 bits per heavy atom. The molecule has 16 heavy (non-hydrogen) atoms. The molecule has 0 unspecified atom stereocenters. The standard InChI is InChI=1S/C11H9F3O2/c1-8(10(15)16-11(12,13)14)7-9-5-3-2-4-6-9/h2-6H,1,7H2. The first kappa shape index (κ1) is 12.3. The first-order valence-corrected chi connectivity index (χ1v) is 4.40. The Kier molecular flexibility index (Phi) is 3.71. The van der Waals surface area contributed by atoms with Crippen molar-refractivity contribution in [1.82, 2.24) is 0 Å². The highest BCUT2D eigenvalue weighted by Crippen LogP contribution is 2.19. The Bertz CT molecular complexity index is 382. The van der Waals surface area contributed by atoms with Crippen LogP contribution in [-0.4, -0.2) is 12.3 Å². The van der Waals surface area contributed by atoms with Crippen molar-refractivity contribution in [3.8, 4) is 0 Å². The second-order valence-electron chi connectivity index (χ2n) is 3.10. The highest BCUT2D eigenvalue weighted by atomic mass is 19.4. The highest BCUT2D eigenvalue weighted by Gasteiger charge is 2.34. The van der Waals surface area contributed by atoms with Crippen LogP contribution in [0.1, 0.15) is 5.56 Å². The summed E-state index contributed by atoms with van der Waals surface area (Å²) in [5.41, 5.74) is 0.468. The number of alkyl halides is 3. The van der Waals surface area contributed by atoms with E-state index >= 15 is 0 Å². The zero-order valence-corrected chi connectivity index (χ0v) is 8.25. The lowest BCUT2D eigenvalue weighted by atomic mass is 10.1. The quantitative estimate of drug-likeness (QED) is 0.589. The average Bonchev–Trinajstić information content (AvgIpc) is 2.16. The van der Waals surface area contributed by atoms with Gasteiger partial charge in [0.2, 0.25) is 0 Å². The largest absolute Gasteiger partial charge is 0.575 e. The fourth-order valence-electron chi connectivity index (χ4n) is 1.09. The SMILES string of the molecule is C=C(Cc1ccccc1)C(=O)OC(F)(F)F. The van der Waals surface area contributed by atoms with E-state index in [1.54, 1.807) is 30.3 Å². The number of carbonyl (C=O) groups excluding carboxylic acids is 1. The van der Waals surface area contributed by atoms with Crippen LogP contribution in [0.3, 0.4) is 0 Å². The molecule has 0 heterocycles. The topological polar surface area (TPSA) is 26.3 Å². The van der Waals surface area contributed by atoms with E-state index in [0.717, 1.165) is 0 Å².